The SMILES string of the molecule is C=C(/C=c1/nc(C(C=N/C=C(\C)C2CC2)=C(C)CC)cc/c1=C/C)CNC(=O)c1cnc2c(c1)C(F)COC21CCCO1. The molecule has 7 nitrogen and oxygen atoms in total. The van der Waals surface area contributed by atoms with Crippen molar-refractivity contribution in [1.82, 2.24) is 15.3 Å². The molecule has 43 heavy (non-hydrogen) atoms. The Kier molecular flexibility index (Phi) is 9.47. The van der Waals surface area contributed by atoms with Crippen molar-refractivity contribution in [2.75, 3.05) is 19.8 Å². The molecule has 3 aliphatic rings. The molecule has 2 fully saturated rings. The molecule has 1 aliphatic carbocycles. The van der Waals surface area contributed by atoms with Crippen molar-refractivity contribution < 1.29 is 18.7 Å². The predicted octanol–water partition coefficient (Wildman–Crippen LogP) is 5.62. The smallest absolute Gasteiger partial charge is 0.253 e. The fraction of sp³-hybridized carbons (Fsp3) is 0.429. The third-order valence-corrected chi connectivity index (χ3v) is 8.38. The van der Waals surface area contributed by atoms with Crippen molar-refractivity contribution in [3.63, 3.8) is 0 Å². The van der Waals surface area contributed by atoms with Crippen LogP contribution in [0.15, 0.2) is 58.9 Å². The molecule has 0 aromatic carbocycles. The van der Waals surface area contributed by atoms with Gasteiger partial charge < -0.3 is 14.8 Å². The maximum atomic E-state index is 14.8. The molecule has 1 saturated heterocycles. The van der Waals surface area contributed by atoms with E-state index in [9.17, 15) is 9.18 Å². The highest BCUT2D eigenvalue weighted by Crippen LogP contribution is 2.44. The summed E-state index contributed by atoms with van der Waals surface area (Å²) in [4.78, 5) is 27.1. The normalized spacial score (nSPS) is 23.6. The molecule has 1 spiro atoms. The Bertz CT molecular complexity index is 1610. The van der Waals surface area contributed by atoms with Crippen LogP contribution in [0.1, 0.15) is 93.3 Å². The van der Waals surface area contributed by atoms with Crippen LogP contribution in [0.2, 0.25) is 0 Å². The Hall–Kier alpha value is -3.75. The number of amides is 1. The van der Waals surface area contributed by atoms with Crippen molar-refractivity contribution in [2.24, 2.45) is 10.9 Å². The van der Waals surface area contributed by atoms with Crippen LogP contribution in [0.4, 0.5) is 4.39 Å². The monoisotopic (exact) mass is 584 g/mol. The van der Waals surface area contributed by atoms with Crippen LogP contribution < -0.4 is 15.9 Å². The lowest BCUT2D eigenvalue weighted by Gasteiger charge is -2.35. The average Bonchev–Trinajstić information content (AvgIpc) is 3.77. The van der Waals surface area contributed by atoms with Crippen LogP contribution >= 0.6 is 0 Å². The van der Waals surface area contributed by atoms with Crippen molar-refractivity contribution in [3.8, 4) is 0 Å². The van der Waals surface area contributed by atoms with E-state index >= 15 is 0 Å². The zero-order valence-electron chi connectivity index (χ0n) is 25.6. The Morgan fingerprint density at radius 2 is 2.09 bits per heavy atom. The second-order valence-corrected chi connectivity index (χ2v) is 11.6. The van der Waals surface area contributed by atoms with Crippen LogP contribution in [-0.4, -0.2) is 41.8 Å². The molecule has 226 valence electrons. The van der Waals surface area contributed by atoms with Crippen molar-refractivity contribution >= 4 is 29.8 Å². The van der Waals surface area contributed by atoms with Crippen LogP contribution in [0.25, 0.3) is 17.7 Å². The second-order valence-electron chi connectivity index (χ2n) is 11.6. The van der Waals surface area contributed by atoms with Crippen LogP contribution in [0.5, 0.6) is 0 Å². The number of aromatic nitrogens is 2. The summed E-state index contributed by atoms with van der Waals surface area (Å²) in [7, 11) is 0. The zero-order chi connectivity index (χ0) is 30.6. The lowest BCUT2D eigenvalue weighted by molar-refractivity contribution is -0.238. The summed E-state index contributed by atoms with van der Waals surface area (Å²) < 4.78 is 26.3. The predicted molar refractivity (Wildman–Crippen MR) is 168 cm³/mol. The third kappa shape index (κ3) is 6.92. The summed E-state index contributed by atoms with van der Waals surface area (Å²) in [5.74, 6) is -0.683. The number of aliphatic imine (C=N–C) groups is 1. The lowest BCUT2D eigenvalue weighted by Crippen LogP contribution is -2.37. The van der Waals surface area contributed by atoms with Gasteiger partial charge >= 0.3 is 0 Å². The van der Waals surface area contributed by atoms with Crippen molar-refractivity contribution in [2.45, 2.75) is 71.8 Å². The van der Waals surface area contributed by atoms with E-state index in [2.05, 4.69) is 42.6 Å². The first-order valence-corrected chi connectivity index (χ1v) is 15.2. The molecule has 2 aromatic heterocycles. The molecule has 2 aliphatic heterocycles. The van der Waals surface area contributed by atoms with Gasteiger partial charge in [0.1, 0.15) is 5.69 Å². The van der Waals surface area contributed by atoms with Gasteiger partial charge in [0.25, 0.3) is 5.91 Å². The minimum atomic E-state index is -1.37. The van der Waals surface area contributed by atoms with Gasteiger partial charge in [0.05, 0.1) is 29.8 Å². The number of allylic oxidation sites excluding steroid dienone is 3. The van der Waals surface area contributed by atoms with Crippen LogP contribution in [-0.2, 0) is 15.3 Å². The van der Waals surface area contributed by atoms with Gasteiger partial charge in [-0.25, -0.2) is 9.37 Å². The number of carbonyl (C=O) groups is 1. The molecular weight excluding hydrogens is 543 g/mol. The highest BCUT2D eigenvalue weighted by molar-refractivity contribution is 6.10. The third-order valence-electron chi connectivity index (χ3n) is 8.38. The Morgan fingerprint density at radius 1 is 1.28 bits per heavy atom. The van der Waals surface area contributed by atoms with Gasteiger partial charge in [-0.2, -0.15) is 0 Å². The maximum absolute atomic E-state index is 14.8. The quantitative estimate of drug-likeness (QED) is 0.387. The maximum Gasteiger partial charge on any atom is 0.253 e. The molecule has 1 amide bonds. The van der Waals surface area contributed by atoms with Crippen LogP contribution in [0, 0.1) is 5.92 Å². The number of pyridine rings is 2. The minimum Gasteiger partial charge on any atom is -0.348 e. The Labute approximate surface area is 253 Å². The molecule has 1 saturated carbocycles. The molecule has 1 N–H and O–H groups in total. The summed E-state index contributed by atoms with van der Waals surface area (Å²) in [6, 6.07) is 5.61. The van der Waals surface area contributed by atoms with Gasteiger partial charge in [-0.1, -0.05) is 36.8 Å². The summed E-state index contributed by atoms with van der Waals surface area (Å²) in [6.45, 7) is 13.1. The largest absolute Gasteiger partial charge is 0.348 e. The number of rotatable bonds is 9. The summed E-state index contributed by atoms with van der Waals surface area (Å²) in [5, 5.41) is 4.61. The molecule has 0 bridgehead atoms. The van der Waals surface area contributed by atoms with Gasteiger partial charge in [0.2, 0.25) is 5.79 Å². The molecule has 5 rings (SSSR count). The minimum absolute atomic E-state index is 0.119. The summed E-state index contributed by atoms with van der Waals surface area (Å²) >= 11 is 0. The number of halogens is 1. The number of nitrogens with zero attached hydrogens (tertiary/aromatic N) is 3. The summed E-state index contributed by atoms with van der Waals surface area (Å²) in [6.07, 6.45) is 12.7. The van der Waals surface area contributed by atoms with Gasteiger partial charge in [0, 0.05) is 42.7 Å². The Morgan fingerprint density at radius 3 is 2.79 bits per heavy atom. The van der Waals surface area contributed by atoms with E-state index in [1.54, 1.807) is 6.07 Å². The van der Waals surface area contributed by atoms with Gasteiger partial charge in [-0.15, -0.1) is 0 Å². The van der Waals surface area contributed by atoms with Crippen LogP contribution in [0.3, 0.4) is 0 Å². The highest BCUT2D eigenvalue weighted by atomic mass is 19.1. The molecule has 2 unspecified atom stereocenters. The second kappa shape index (κ2) is 13.3. The average molecular weight is 585 g/mol. The van der Waals surface area contributed by atoms with E-state index in [-0.39, 0.29) is 24.6 Å². The van der Waals surface area contributed by atoms with E-state index in [4.69, 9.17) is 14.5 Å². The molecule has 8 heteroatoms. The van der Waals surface area contributed by atoms with E-state index in [1.807, 2.05) is 43.6 Å². The zero-order valence-corrected chi connectivity index (χ0v) is 25.6. The van der Waals surface area contributed by atoms with Crippen molar-refractivity contribution in [1.29, 1.82) is 0 Å². The number of hydrogen-bond donors (Lipinski definition) is 1. The fourth-order valence-electron chi connectivity index (χ4n) is 5.44. The number of fused-ring (bicyclic) bond motifs is 2. The van der Waals surface area contributed by atoms with E-state index in [1.165, 1.54) is 30.2 Å². The highest BCUT2D eigenvalue weighted by Gasteiger charge is 2.46. The Balaban J connectivity index is 1.33. The first-order valence-electron chi connectivity index (χ1n) is 15.2. The number of carbonyl (C=O) groups excluding carboxylic acids is 1. The number of hydrogen-bond acceptors (Lipinski definition) is 6. The van der Waals surface area contributed by atoms with Crippen molar-refractivity contribution in [3.05, 3.63) is 87.0 Å². The van der Waals surface area contributed by atoms with Gasteiger partial charge in [0.15, 0.2) is 6.17 Å². The molecular formula is C35H41FN4O3. The van der Waals surface area contributed by atoms with Gasteiger partial charge in [-0.05, 0) is 81.4 Å². The molecule has 4 heterocycles. The number of alkyl halides is 1. The number of ether oxygens (including phenoxy) is 2. The standard InChI is InChI=1S/C35H41FN4O3/c1-6-23(4)29(20-37-18-24(5)26-9-10-26)31-12-11-25(7-2)32(40-31)15-22(3)17-39-34(41)27-16-28-30(36)21-43-35(13-8-14-42-35)33(28)38-19-27/h7,11-12,15-16,18-20,26,30H,3,6,8-10,13-14,17,21H2,1-2,4-5H3,(H,39,41)/b24-18+,25-7-,29-23?,32-15+,37-20?. The first kappa shape index (κ1) is 30.7. The molecule has 0 radical (unpaired) electrons. The topological polar surface area (TPSA) is 85.7 Å². The molecule has 2 atom stereocenters. The van der Waals surface area contributed by atoms with Gasteiger partial charge in [-0.3, -0.25) is 14.8 Å². The molecule has 2 aromatic rings. The fourth-order valence-corrected chi connectivity index (χ4v) is 5.44. The van der Waals surface area contributed by atoms with E-state index in [0.29, 0.717) is 35.8 Å². The van der Waals surface area contributed by atoms with E-state index < -0.39 is 12.0 Å². The summed E-state index contributed by atoms with van der Waals surface area (Å²) in [5.41, 5.74) is 6.09. The van der Waals surface area contributed by atoms with E-state index in [0.717, 1.165) is 34.7 Å². The first-order chi connectivity index (χ1) is 20.7. The lowest BCUT2D eigenvalue weighted by atomic mass is 9.96. The number of nitrogens with one attached hydrogen (secondary N) is 1.